The highest BCUT2D eigenvalue weighted by atomic mass is 32.2. The van der Waals surface area contributed by atoms with Gasteiger partial charge in [0.15, 0.2) is 5.16 Å². The summed E-state index contributed by atoms with van der Waals surface area (Å²) in [7, 11) is 0. The number of thioether (sulfide) groups is 1. The van der Waals surface area contributed by atoms with E-state index in [-0.39, 0.29) is 17.8 Å². The van der Waals surface area contributed by atoms with E-state index in [1.165, 1.54) is 11.8 Å². The molecule has 2 aromatic carbocycles. The Balaban J connectivity index is 1.37. The molecule has 9 heteroatoms. The molecule has 1 saturated heterocycles. The molecule has 2 amide bonds. The fourth-order valence-electron chi connectivity index (χ4n) is 3.98. The van der Waals surface area contributed by atoms with Crippen LogP contribution in [0.25, 0.3) is 27.6 Å². The van der Waals surface area contributed by atoms with Gasteiger partial charge in [-0.25, -0.2) is 14.8 Å². The zero-order valence-electron chi connectivity index (χ0n) is 17.7. The van der Waals surface area contributed by atoms with Gasteiger partial charge in [0, 0.05) is 31.6 Å². The molecule has 1 fully saturated rings. The Labute approximate surface area is 189 Å². The highest BCUT2D eigenvalue weighted by molar-refractivity contribution is 7.99. The number of aromatic nitrogens is 3. The molecule has 0 atom stereocenters. The van der Waals surface area contributed by atoms with Crippen molar-refractivity contribution in [2.24, 2.45) is 0 Å². The van der Waals surface area contributed by atoms with Crippen LogP contribution >= 0.6 is 11.8 Å². The second-order valence-electron chi connectivity index (χ2n) is 7.53. The van der Waals surface area contributed by atoms with Crippen LogP contribution in [0.5, 0.6) is 0 Å². The summed E-state index contributed by atoms with van der Waals surface area (Å²) in [5.41, 5.74) is 3.57. The molecule has 0 N–H and O–H groups in total. The van der Waals surface area contributed by atoms with Crippen molar-refractivity contribution >= 4 is 51.3 Å². The smallest absolute Gasteiger partial charge is 0.409 e. The summed E-state index contributed by atoms with van der Waals surface area (Å²) in [6, 6.07) is 15.9. The molecule has 5 rings (SSSR count). The summed E-state index contributed by atoms with van der Waals surface area (Å²) < 4.78 is 7.08. The Morgan fingerprint density at radius 3 is 2.41 bits per heavy atom. The molecule has 0 aliphatic carbocycles. The maximum absolute atomic E-state index is 12.9. The highest BCUT2D eigenvalue weighted by Gasteiger charge is 2.25. The maximum Gasteiger partial charge on any atom is 0.409 e. The lowest BCUT2D eigenvalue weighted by Gasteiger charge is -2.34. The third-order valence-corrected chi connectivity index (χ3v) is 6.52. The molecule has 0 saturated carbocycles. The minimum absolute atomic E-state index is 0.0334. The van der Waals surface area contributed by atoms with Crippen LogP contribution < -0.4 is 0 Å². The normalized spacial score (nSPS) is 14.4. The van der Waals surface area contributed by atoms with Crippen LogP contribution in [0.2, 0.25) is 0 Å². The molecular formula is C23H23N5O3S. The van der Waals surface area contributed by atoms with Gasteiger partial charge >= 0.3 is 6.09 Å². The summed E-state index contributed by atoms with van der Waals surface area (Å²) in [6.45, 7) is 4.13. The summed E-state index contributed by atoms with van der Waals surface area (Å²) in [5, 5.41) is 1.72. The summed E-state index contributed by atoms with van der Waals surface area (Å²) >= 11 is 1.42. The van der Waals surface area contributed by atoms with Gasteiger partial charge in [0.05, 0.1) is 28.9 Å². The molecule has 1 aliphatic heterocycles. The SMILES string of the molecule is CCOC(=O)N1CCN(C(=O)CSc2nc3ccccc3c3nc4ccccc4n23)CC1. The number of carbonyl (C=O) groups excluding carboxylic acids is 2. The fraction of sp³-hybridized carbons (Fsp3) is 0.304. The van der Waals surface area contributed by atoms with E-state index >= 15 is 0 Å². The van der Waals surface area contributed by atoms with Gasteiger partial charge in [-0.15, -0.1) is 0 Å². The number of hydrogen-bond acceptors (Lipinski definition) is 6. The van der Waals surface area contributed by atoms with Gasteiger partial charge in [-0.1, -0.05) is 36.0 Å². The van der Waals surface area contributed by atoms with E-state index < -0.39 is 0 Å². The standard InChI is InChI=1S/C23H23N5O3S/c1-2-31-23(30)27-13-11-26(12-14-27)20(29)15-32-22-25-17-8-4-3-7-16(17)21-24-18-9-5-6-10-19(18)28(21)22/h3-10H,2,11-15H2,1H3. The van der Waals surface area contributed by atoms with Crippen LogP contribution in [0.3, 0.4) is 0 Å². The Morgan fingerprint density at radius 1 is 0.938 bits per heavy atom. The summed E-state index contributed by atoms with van der Waals surface area (Å²) in [5.74, 6) is 0.304. The minimum atomic E-state index is -0.316. The molecule has 164 valence electrons. The predicted octanol–water partition coefficient (Wildman–Crippen LogP) is 3.43. The van der Waals surface area contributed by atoms with Gasteiger partial charge in [-0.2, -0.15) is 0 Å². The van der Waals surface area contributed by atoms with Crippen LogP contribution in [0.1, 0.15) is 6.92 Å². The first kappa shape index (κ1) is 20.6. The third kappa shape index (κ3) is 3.73. The summed E-state index contributed by atoms with van der Waals surface area (Å²) in [6.07, 6.45) is -0.316. The first-order valence-electron chi connectivity index (χ1n) is 10.6. The van der Waals surface area contributed by atoms with Crippen molar-refractivity contribution in [2.75, 3.05) is 38.5 Å². The molecule has 32 heavy (non-hydrogen) atoms. The largest absolute Gasteiger partial charge is 0.450 e. The number of hydrogen-bond donors (Lipinski definition) is 0. The van der Waals surface area contributed by atoms with E-state index in [2.05, 4.69) is 0 Å². The lowest BCUT2D eigenvalue weighted by atomic mass is 10.2. The number of carbonyl (C=O) groups is 2. The minimum Gasteiger partial charge on any atom is -0.450 e. The molecule has 1 aliphatic rings. The molecule has 0 unspecified atom stereocenters. The van der Waals surface area contributed by atoms with Gasteiger partial charge in [-0.3, -0.25) is 9.20 Å². The lowest BCUT2D eigenvalue weighted by Crippen LogP contribution is -2.51. The van der Waals surface area contributed by atoms with Crippen molar-refractivity contribution in [2.45, 2.75) is 12.1 Å². The van der Waals surface area contributed by atoms with Crippen molar-refractivity contribution in [3.05, 3.63) is 48.5 Å². The van der Waals surface area contributed by atoms with Gasteiger partial charge in [0.1, 0.15) is 5.65 Å². The van der Waals surface area contributed by atoms with E-state index in [4.69, 9.17) is 14.7 Å². The van der Waals surface area contributed by atoms with E-state index in [0.717, 1.165) is 32.7 Å². The van der Waals surface area contributed by atoms with E-state index in [1.807, 2.05) is 52.9 Å². The number of piperazine rings is 1. The number of ether oxygens (including phenoxy) is 1. The Morgan fingerprint density at radius 2 is 1.62 bits per heavy atom. The van der Waals surface area contributed by atoms with Gasteiger partial charge in [0.25, 0.3) is 0 Å². The zero-order valence-corrected chi connectivity index (χ0v) is 18.5. The van der Waals surface area contributed by atoms with Crippen LogP contribution in [-0.2, 0) is 9.53 Å². The maximum atomic E-state index is 12.9. The molecule has 0 bridgehead atoms. The monoisotopic (exact) mass is 449 g/mol. The van der Waals surface area contributed by atoms with Gasteiger partial charge in [0.2, 0.25) is 5.91 Å². The van der Waals surface area contributed by atoms with Crippen LogP contribution in [0.15, 0.2) is 53.7 Å². The molecule has 0 spiro atoms. The number of imidazole rings is 1. The molecule has 3 heterocycles. The Hall–Kier alpha value is -3.33. The van der Waals surface area contributed by atoms with Crippen LogP contribution in [-0.4, -0.2) is 74.7 Å². The van der Waals surface area contributed by atoms with Crippen LogP contribution in [0.4, 0.5) is 4.79 Å². The first-order chi connectivity index (χ1) is 15.7. The molecule has 8 nitrogen and oxygen atoms in total. The second-order valence-corrected chi connectivity index (χ2v) is 8.47. The van der Waals surface area contributed by atoms with Crippen molar-refractivity contribution in [1.82, 2.24) is 24.2 Å². The molecule has 0 radical (unpaired) electrons. The first-order valence-corrected chi connectivity index (χ1v) is 11.6. The average Bonchev–Trinajstić information content (AvgIpc) is 3.23. The van der Waals surface area contributed by atoms with Gasteiger partial charge in [-0.05, 0) is 31.2 Å². The predicted molar refractivity (Wildman–Crippen MR) is 124 cm³/mol. The number of rotatable bonds is 4. The van der Waals surface area contributed by atoms with Crippen molar-refractivity contribution < 1.29 is 14.3 Å². The van der Waals surface area contributed by atoms with Crippen LogP contribution in [0, 0.1) is 0 Å². The zero-order chi connectivity index (χ0) is 22.1. The van der Waals surface area contributed by atoms with Crippen molar-refractivity contribution in [3.8, 4) is 0 Å². The van der Waals surface area contributed by atoms with Crippen molar-refractivity contribution in [3.63, 3.8) is 0 Å². The van der Waals surface area contributed by atoms with E-state index in [9.17, 15) is 9.59 Å². The van der Waals surface area contributed by atoms with E-state index in [0.29, 0.717) is 32.8 Å². The third-order valence-electron chi connectivity index (χ3n) is 5.60. The number of nitrogens with zero attached hydrogens (tertiary/aromatic N) is 5. The average molecular weight is 450 g/mol. The Bertz CT molecular complexity index is 1310. The molecule has 4 aromatic rings. The number of fused-ring (bicyclic) bond motifs is 5. The summed E-state index contributed by atoms with van der Waals surface area (Å²) in [4.78, 5) is 37.9. The lowest BCUT2D eigenvalue weighted by molar-refractivity contribution is -0.129. The molecular weight excluding hydrogens is 426 g/mol. The number of benzene rings is 2. The number of amides is 2. The second kappa shape index (κ2) is 8.66. The van der Waals surface area contributed by atoms with E-state index in [1.54, 1.807) is 16.7 Å². The highest BCUT2D eigenvalue weighted by Crippen LogP contribution is 2.29. The number of para-hydroxylation sites is 3. The van der Waals surface area contributed by atoms with Gasteiger partial charge < -0.3 is 14.5 Å². The quantitative estimate of drug-likeness (QED) is 0.351. The van der Waals surface area contributed by atoms with Crippen molar-refractivity contribution in [1.29, 1.82) is 0 Å². The topological polar surface area (TPSA) is 80.0 Å². The Kier molecular flexibility index (Phi) is 5.57. The molecule has 2 aromatic heterocycles. The fourth-order valence-corrected chi connectivity index (χ4v) is 4.89.